The van der Waals surface area contributed by atoms with E-state index in [2.05, 4.69) is 58.1 Å². The van der Waals surface area contributed by atoms with Crippen LogP contribution in [0.4, 0.5) is 0 Å². The van der Waals surface area contributed by atoms with Crippen LogP contribution in [0.15, 0.2) is 40.2 Å². The number of nitrogens with zero attached hydrogens (tertiary/aromatic N) is 1. The van der Waals surface area contributed by atoms with Crippen molar-refractivity contribution >= 4 is 33.2 Å². The van der Waals surface area contributed by atoms with Crippen LogP contribution >= 0.6 is 27.3 Å². The maximum Gasteiger partial charge on any atom is 0.320 e. The van der Waals surface area contributed by atoms with Crippen molar-refractivity contribution in [1.29, 1.82) is 0 Å². The van der Waals surface area contributed by atoms with Gasteiger partial charge in [0.05, 0.1) is 9.83 Å². The zero-order valence-electron chi connectivity index (χ0n) is 13.7. The highest BCUT2D eigenvalue weighted by Gasteiger charge is 2.35. The van der Waals surface area contributed by atoms with Gasteiger partial charge >= 0.3 is 5.97 Å². The molecule has 3 rings (SSSR count). The minimum atomic E-state index is -0.708. The minimum Gasteiger partial charge on any atom is -0.480 e. The van der Waals surface area contributed by atoms with Gasteiger partial charge in [-0.3, -0.25) is 9.69 Å². The van der Waals surface area contributed by atoms with Gasteiger partial charge in [-0.15, -0.1) is 11.3 Å². The van der Waals surface area contributed by atoms with Crippen molar-refractivity contribution in [2.24, 2.45) is 0 Å². The van der Waals surface area contributed by atoms with Crippen molar-refractivity contribution in [2.75, 3.05) is 6.54 Å². The largest absolute Gasteiger partial charge is 0.480 e. The van der Waals surface area contributed by atoms with Crippen molar-refractivity contribution in [3.8, 4) is 0 Å². The van der Waals surface area contributed by atoms with Crippen molar-refractivity contribution in [2.45, 2.75) is 44.7 Å². The number of halogens is 1. The van der Waals surface area contributed by atoms with E-state index in [-0.39, 0.29) is 6.04 Å². The lowest BCUT2D eigenvalue weighted by atomic mass is 9.94. The Morgan fingerprint density at radius 2 is 2.04 bits per heavy atom. The van der Waals surface area contributed by atoms with Crippen LogP contribution in [-0.4, -0.2) is 28.6 Å². The molecule has 3 nitrogen and oxygen atoms in total. The fourth-order valence-electron chi connectivity index (χ4n) is 3.46. The monoisotopic (exact) mass is 407 g/mol. The number of hydrogen-bond donors (Lipinski definition) is 1. The topological polar surface area (TPSA) is 40.5 Å². The van der Waals surface area contributed by atoms with E-state index in [4.69, 9.17) is 0 Å². The van der Waals surface area contributed by atoms with Gasteiger partial charge in [0, 0.05) is 4.88 Å². The molecular formula is C19H22BrNO2S. The number of carbonyl (C=O) groups is 1. The zero-order chi connectivity index (χ0) is 17.1. The second-order valence-electron chi connectivity index (χ2n) is 6.23. The molecule has 1 aliphatic rings. The zero-order valence-corrected chi connectivity index (χ0v) is 16.1. The number of aryl methyl sites for hydroxylation is 1. The number of thiophene rings is 1. The summed E-state index contributed by atoms with van der Waals surface area (Å²) in [5.41, 5.74) is 2.48. The molecule has 1 N–H and O–H groups in total. The number of likely N-dealkylation sites (tertiary alicyclic amines) is 1. The van der Waals surface area contributed by atoms with E-state index < -0.39 is 12.0 Å². The molecule has 2 aromatic rings. The number of benzene rings is 1. The van der Waals surface area contributed by atoms with Crippen molar-refractivity contribution in [3.63, 3.8) is 0 Å². The van der Waals surface area contributed by atoms with Gasteiger partial charge in [-0.1, -0.05) is 37.6 Å². The van der Waals surface area contributed by atoms with E-state index in [0.717, 1.165) is 36.0 Å². The molecule has 1 aliphatic heterocycles. The van der Waals surface area contributed by atoms with Crippen LogP contribution in [0.2, 0.25) is 0 Å². The molecule has 0 saturated carbocycles. The third-order valence-electron chi connectivity index (χ3n) is 4.73. The number of hydrogen-bond acceptors (Lipinski definition) is 3. The number of carboxylic acids is 1. The van der Waals surface area contributed by atoms with Gasteiger partial charge in [0.2, 0.25) is 0 Å². The Morgan fingerprint density at radius 1 is 1.29 bits per heavy atom. The lowest BCUT2D eigenvalue weighted by Crippen LogP contribution is -2.46. The standard InChI is InChI=1S/C19H22BrNO2S/c1-2-13-6-8-14(9-7-13)18(16-10-11-17(20)24-16)21-12-4-3-5-15(21)19(22)23/h6-11,15,18H,2-5,12H2,1H3,(H,22,23). The molecule has 24 heavy (non-hydrogen) atoms. The molecule has 0 spiro atoms. The van der Waals surface area contributed by atoms with E-state index >= 15 is 0 Å². The van der Waals surface area contributed by atoms with Crippen LogP contribution in [0, 0.1) is 0 Å². The summed E-state index contributed by atoms with van der Waals surface area (Å²) in [7, 11) is 0. The normalized spacial score (nSPS) is 20.0. The third kappa shape index (κ3) is 3.73. The Bertz CT molecular complexity index is 698. The molecule has 128 valence electrons. The summed E-state index contributed by atoms with van der Waals surface area (Å²) in [6, 6.07) is 12.4. The van der Waals surface area contributed by atoms with Crippen molar-refractivity contribution < 1.29 is 9.90 Å². The number of piperidine rings is 1. The van der Waals surface area contributed by atoms with Crippen molar-refractivity contribution in [3.05, 3.63) is 56.2 Å². The predicted molar refractivity (Wildman–Crippen MR) is 102 cm³/mol. The summed E-state index contributed by atoms with van der Waals surface area (Å²) in [4.78, 5) is 15.2. The summed E-state index contributed by atoms with van der Waals surface area (Å²) < 4.78 is 1.08. The molecule has 2 heterocycles. The average molecular weight is 408 g/mol. The van der Waals surface area contributed by atoms with Gasteiger partial charge in [0.1, 0.15) is 6.04 Å². The second kappa shape index (κ2) is 7.81. The van der Waals surface area contributed by atoms with E-state index in [1.54, 1.807) is 11.3 Å². The molecule has 2 atom stereocenters. The summed E-state index contributed by atoms with van der Waals surface area (Å²) >= 11 is 5.24. The van der Waals surface area contributed by atoms with E-state index in [1.165, 1.54) is 16.0 Å². The number of rotatable bonds is 5. The number of aliphatic carboxylic acids is 1. The SMILES string of the molecule is CCc1ccc(C(c2ccc(Br)s2)N2CCCCC2C(=O)O)cc1. The maximum atomic E-state index is 11.8. The fourth-order valence-corrected chi connectivity index (χ4v) is 5.03. The van der Waals surface area contributed by atoms with Crippen LogP contribution < -0.4 is 0 Å². The fraction of sp³-hybridized carbons (Fsp3) is 0.421. The van der Waals surface area contributed by atoms with Crippen LogP contribution in [0.25, 0.3) is 0 Å². The van der Waals surface area contributed by atoms with Gasteiger partial charge in [-0.25, -0.2) is 0 Å². The third-order valence-corrected chi connectivity index (χ3v) is 6.40. The van der Waals surface area contributed by atoms with E-state index in [9.17, 15) is 9.90 Å². The first-order valence-corrected chi connectivity index (χ1v) is 10.0. The maximum absolute atomic E-state index is 11.8. The molecule has 1 fully saturated rings. The Hall–Kier alpha value is -1.17. The Morgan fingerprint density at radius 3 is 2.62 bits per heavy atom. The quantitative estimate of drug-likeness (QED) is 0.748. The predicted octanol–water partition coefficient (Wildman–Crippen LogP) is 5.10. The molecule has 0 amide bonds. The smallest absolute Gasteiger partial charge is 0.320 e. The van der Waals surface area contributed by atoms with Gasteiger partial charge in [0.15, 0.2) is 0 Å². The Balaban J connectivity index is 2.02. The molecule has 1 saturated heterocycles. The van der Waals surface area contributed by atoms with Crippen molar-refractivity contribution in [1.82, 2.24) is 4.90 Å². The van der Waals surface area contributed by atoms with Crippen LogP contribution in [0.1, 0.15) is 48.2 Å². The van der Waals surface area contributed by atoms with Crippen LogP contribution in [0.5, 0.6) is 0 Å². The van der Waals surface area contributed by atoms with E-state index in [0.29, 0.717) is 0 Å². The number of carboxylic acid groups (broad SMARTS) is 1. The first-order chi connectivity index (χ1) is 11.6. The lowest BCUT2D eigenvalue weighted by Gasteiger charge is -2.39. The second-order valence-corrected chi connectivity index (χ2v) is 8.72. The summed E-state index contributed by atoms with van der Waals surface area (Å²) in [6.07, 6.45) is 3.78. The Labute approximate surface area is 155 Å². The first-order valence-electron chi connectivity index (χ1n) is 8.42. The molecule has 5 heteroatoms. The molecule has 2 unspecified atom stereocenters. The van der Waals surface area contributed by atoms with E-state index in [1.807, 2.05) is 6.07 Å². The summed E-state index contributed by atoms with van der Waals surface area (Å²) in [5.74, 6) is -0.708. The molecule has 1 aromatic heterocycles. The molecule has 0 radical (unpaired) electrons. The minimum absolute atomic E-state index is 0.00797. The summed E-state index contributed by atoms with van der Waals surface area (Å²) in [5, 5.41) is 9.69. The molecule has 0 aliphatic carbocycles. The van der Waals surface area contributed by atoms with Crippen LogP contribution in [-0.2, 0) is 11.2 Å². The Kier molecular flexibility index (Phi) is 5.74. The summed E-state index contributed by atoms with van der Waals surface area (Å²) in [6.45, 7) is 2.97. The highest BCUT2D eigenvalue weighted by Crippen LogP contribution is 2.38. The molecular weight excluding hydrogens is 386 g/mol. The highest BCUT2D eigenvalue weighted by atomic mass is 79.9. The first kappa shape index (κ1) is 17.6. The lowest BCUT2D eigenvalue weighted by molar-refractivity contribution is -0.145. The van der Waals surface area contributed by atoms with Gasteiger partial charge in [-0.2, -0.15) is 0 Å². The van der Waals surface area contributed by atoms with Crippen LogP contribution in [0.3, 0.4) is 0 Å². The molecule has 1 aromatic carbocycles. The van der Waals surface area contributed by atoms with Gasteiger partial charge in [0.25, 0.3) is 0 Å². The highest BCUT2D eigenvalue weighted by molar-refractivity contribution is 9.11. The van der Waals surface area contributed by atoms with Gasteiger partial charge < -0.3 is 5.11 Å². The molecule has 0 bridgehead atoms. The average Bonchev–Trinajstić information content (AvgIpc) is 3.02. The van der Waals surface area contributed by atoms with Gasteiger partial charge in [-0.05, 0) is 65.0 Å².